The summed E-state index contributed by atoms with van der Waals surface area (Å²) in [5.41, 5.74) is 0. The molecule has 1 fully saturated rings. The van der Waals surface area contributed by atoms with Crippen LogP contribution in [0.15, 0.2) is 0 Å². The smallest absolute Gasteiger partial charge is 0.258 e. The lowest BCUT2D eigenvalue weighted by Crippen LogP contribution is -2.63. The first kappa shape index (κ1) is 19.5. The van der Waals surface area contributed by atoms with Gasteiger partial charge >= 0.3 is 0 Å². The van der Waals surface area contributed by atoms with Gasteiger partial charge in [-0.1, -0.05) is 32.6 Å². The number of ether oxygens (including phenoxy) is 2. The third kappa shape index (κ3) is 5.94. The number of rotatable bonds is 8. The van der Waals surface area contributed by atoms with E-state index in [2.05, 4.69) is 12.2 Å². The quantitative estimate of drug-likeness (QED) is 0.302. The molecule has 8 heteroatoms. The molecular formula is C14H27NO6S. The molecule has 0 aromatic rings. The number of hydrogen-bond donors (Lipinski definition) is 5. The van der Waals surface area contributed by atoms with Gasteiger partial charge in [-0.25, -0.2) is 0 Å². The second kappa shape index (κ2) is 10.3. The fourth-order valence-corrected chi connectivity index (χ4v) is 2.45. The molecule has 0 aromatic carbocycles. The average Bonchev–Trinajstić information content (AvgIpc) is 2.51. The van der Waals surface area contributed by atoms with Crippen molar-refractivity contribution < 1.29 is 29.9 Å². The van der Waals surface area contributed by atoms with Crippen LogP contribution in [-0.2, 0) is 9.47 Å². The van der Waals surface area contributed by atoms with Crippen molar-refractivity contribution in [3.8, 4) is 0 Å². The highest BCUT2D eigenvalue weighted by Crippen LogP contribution is 2.19. The number of thiocarbonyl (C=S) groups is 1. The zero-order valence-corrected chi connectivity index (χ0v) is 13.7. The van der Waals surface area contributed by atoms with E-state index >= 15 is 0 Å². The predicted octanol–water partition coefficient (Wildman–Crippen LogP) is -0.352. The predicted molar refractivity (Wildman–Crippen MR) is 84.2 cm³/mol. The first-order valence-corrected chi connectivity index (χ1v) is 8.15. The van der Waals surface area contributed by atoms with Crippen LogP contribution in [0.1, 0.15) is 39.0 Å². The van der Waals surface area contributed by atoms with Gasteiger partial charge in [0.25, 0.3) is 5.17 Å². The molecule has 0 unspecified atom stereocenters. The van der Waals surface area contributed by atoms with E-state index < -0.39 is 37.3 Å². The molecule has 0 saturated carbocycles. The highest BCUT2D eigenvalue weighted by Gasteiger charge is 2.43. The molecule has 5 N–H and O–H groups in total. The molecule has 5 atom stereocenters. The van der Waals surface area contributed by atoms with Crippen LogP contribution in [0.4, 0.5) is 0 Å². The first-order chi connectivity index (χ1) is 10.5. The summed E-state index contributed by atoms with van der Waals surface area (Å²) in [6.45, 7) is 2.14. The normalized spacial score (nSPS) is 31.8. The van der Waals surface area contributed by atoms with E-state index in [4.69, 9.17) is 26.8 Å². The van der Waals surface area contributed by atoms with Crippen LogP contribution in [0.25, 0.3) is 0 Å². The highest BCUT2D eigenvalue weighted by molar-refractivity contribution is 7.80. The maximum Gasteiger partial charge on any atom is 0.258 e. The Balaban J connectivity index is 2.30. The van der Waals surface area contributed by atoms with Gasteiger partial charge in [0, 0.05) is 0 Å². The number of aliphatic hydroxyl groups excluding tert-OH is 4. The SMILES string of the molecule is CCCCCCCOC(=S)N[C@@H]1O[C@H](CO)[C@@H](O)[C@H](O)[C@H]1O. The van der Waals surface area contributed by atoms with Crippen LogP contribution >= 0.6 is 12.2 Å². The van der Waals surface area contributed by atoms with Gasteiger partial charge in [0.2, 0.25) is 0 Å². The summed E-state index contributed by atoms with van der Waals surface area (Å²) < 4.78 is 10.6. The summed E-state index contributed by atoms with van der Waals surface area (Å²) in [4.78, 5) is 0. The number of nitrogens with one attached hydrogen (secondary N) is 1. The lowest BCUT2D eigenvalue weighted by Gasteiger charge is -2.40. The van der Waals surface area contributed by atoms with Crippen molar-refractivity contribution in [1.29, 1.82) is 0 Å². The van der Waals surface area contributed by atoms with Crippen LogP contribution in [0.5, 0.6) is 0 Å². The van der Waals surface area contributed by atoms with Gasteiger partial charge in [-0.15, -0.1) is 0 Å². The van der Waals surface area contributed by atoms with Gasteiger partial charge in [-0.3, -0.25) is 0 Å². The minimum Gasteiger partial charge on any atom is -0.471 e. The van der Waals surface area contributed by atoms with E-state index in [1.165, 1.54) is 12.8 Å². The van der Waals surface area contributed by atoms with E-state index in [-0.39, 0.29) is 5.17 Å². The second-order valence-electron chi connectivity index (χ2n) is 5.44. The zero-order chi connectivity index (χ0) is 16.5. The zero-order valence-electron chi connectivity index (χ0n) is 12.9. The summed E-state index contributed by atoms with van der Waals surface area (Å²) >= 11 is 5.00. The van der Waals surface area contributed by atoms with Gasteiger partial charge in [0.15, 0.2) is 6.23 Å². The second-order valence-corrected chi connectivity index (χ2v) is 5.81. The van der Waals surface area contributed by atoms with E-state index in [1.807, 2.05) is 0 Å². The van der Waals surface area contributed by atoms with E-state index in [0.717, 1.165) is 19.3 Å². The molecule has 0 aliphatic carbocycles. The standard InChI is InChI=1S/C14H27NO6S/c1-2-3-4-5-6-7-20-14(22)15-13-12(19)11(18)10(17)9(8-16)21-13/h9-13,16-19H,2-8H2,1H3,(H,15,22)/t9-,10-,11+,12-,13-/m1/s1. The maximum atomic E-state index is 9.84. The molecule has 0 amide bonds. The monoisotopic (exact) mass is 337 g/mol. The fraction of sp³-hybridized carbons (Fsp3) is 0.929. The van der Waals surface area contributed by atoms with Crippen molar-refractivity contribution in [3.63, 3.8) is 0 Å². The highest BCUT2D eigenvalue weighted by atomic mass is 32.1. The van der Waals surface area contributed by atoms with Crippen LogP contribution in [-0.4, -0.2) is 69.5 Å². The Morgan fingerprint density at radius 1 is 1.09 bits per heavy atom. The van der Waals surface area contributed by atoms with E-state index in [9.17, 15) is 15.3 Å². The summed E-state index contributed by atoms with van der Waals surface area (Å²) in [7, 11) is 0. The van der Waals surface area contributed by atoms with Crippen LogP contribution in [0.2, 0.25) is 0 Å². The Morgan fingerprint density at radius 3 is 2.41 bits per heavy atom. The minimum atomic E-state index is -1.43. The van der Waals surface area contributed by atoms with Gasteiger partial charge in [0.05, 0.1) is 13.2 Å². The average molecular weight is 337 g/mol. The molecule has 7 nitrogen and oxygen atoms in total. The largest absolute Gasteiger partial charge is 0.471 e. The Hall–Kier alpha value is -0.510. The topological polar surface area (TPSA) is 111 Å². The summed E-state index contributed by atoms with van der Waals surface area (Å²) in [6, 6.07) is 0. The van der Waals surface area contributed by atoms with Gasteiger partial charge in [-0.2, -0.15) is 0 Å². The number of hydrogen-bond acceptors (Lipinski definition) is 7. The summed E-state index contributed by atoms with van der Waals surface area (Å²) in [5, 5.41) is 41.0. The minimum absolute atomic E-state index is 0.0554. The molecule has 0 spiro atoms. The third-order valence-corrected chi connectivity index (χ3v) is 3.87. The lowest BCUT2D eigenvalue weighted by atomic mass is 9.98. The fourth-order valence-electron chi connectivity index (χ4n) is 2.25. The molecule has 1 rings (SSSR count). The van der Waals surface area contributed by atoms with Crippen LogP contribution < -0.4 is 5.32 Å². The van der Waals surface area contributed by atoms with Crippen molar-refractivity contribution in [2.24, 2.45) is 0 Å². The van der Waals surface area contributed by atoms with E-state index in [1.54, 1.807) is 0 Å². The molecule has 22 heavy (non-hydrogen) atoms. The Labute approximate surface area is 136 Å². The van der Waals surface area contributed by atoms with Crippen molar-refractivity contribution in [2.75, 3.05) is 13.2 Å². The number of aliphatic hydroxyl groups is 4. The molecule has 1 saturated heterocycles. The summed E-state index contributed by atoms with van der Waals surface area (Å²) in [6.07, 6.45) is -0.697. The molecule has 130 valence electrons. The molecule has 0 radical (unpaired) electrons. The van der Waals surface area contributed by atoms with Gasteiger partial charge < -0.3 is 35.2 Å². The van der Waals surface area contributed by atoms with Gasteiger partial charge in [-0.05, 0) is 18.6 Å². The Kier molecular flexibility index (Phi) is 9.15. The lowest BCUT2D eigenvalue weighted by molar-refractivity contribution is -0.233. The van der Waals surface area contributed by atoms with Crippen molar-refractivity contribution in [1.82, 2.24) is 5.32 Å². The molecule has 1 aliphatic heterocycles. The van der Waals surface area contributed by atoms with E-state index in [0.29, 0.717) is 6.61 Å². The maximum absolute atomic E-state index is 9.84. The summed E-state index contributed by atoms with van der Waals surface area (Å²) in [5.74, 6) is 0. The Morgan fingerprint density at radius 2 is 1.77 bits per heavy atom. The van der Waals surface area contributed by atoms with Crippen LogP contribution in [0.3, 0.4) is 0 Å². The number of unbranched alkanes of at least 4 members (excludes halogenated alkanes) is 4. The molecule has 0 aromatic heterocycles. The first-order valence-electron chi connectivity index (χ1n) is 7.75. The molecule has 1 heterocycles. The van der Waals surface area contributed by atoms with Crippen molar-refractivity contribution in [2.45, 2.75) is 69.7 Å². The van der Waals surface area contributed by atoms with Crippen molar-refractivity contribution in [3.05, 3.63) is 0 Å². The molecule has 1 aliphatic rings. The van der Waals surface area contributed by atoms with Gasteiger partial charge in [0.1, 0.15) is 24.4 Å². The van der Waals surface area contributed by atoms with Crippen LogP contribution in [0, 0.1) is 0 Å². The molecular weight excluding hydrogens is 310 g/mol. The Bertz CT molecular complexity index is 330. The van der Waals surface area contributed by atoms with Crippen molar-refractivity contribution >= 4 is 17.4 Å². The molecule has 0 bridgehead atoms. The third-order valence-electron chi connectivity index (χ3n) is 3.63.